The predicted octanol–water partition coefficient (Wildman–Crippen LogP) is 2.21. The van der Waals surface area contributed by atoms with Gasteiger partial charge in [0.05, 0.1) is 24.2 Å². The van der Waals surface area contributed by atoms with Crippen molar-refractivity contribution in [3.05, 3.63) is 65.7 Å². The number of hydrogen-bond acceptors (Lipinski definition) is 4. The smallest absolute Gasteiger partial charge is 0.240 e. The Balaban J connectivity index is 1.46. The van der Waals surface area contributed by atoms with Crippen LogP contribution in [0, 0.1) is 5.82 Å². The average molecular weight is 396 g/mol. The normalized spacial score (nSPS) is 14.9. The van der Waals surface area contributed by atoms with E-state index in [0.717, 1.165) is 43.9 Å². The number of benzene rings is 2. The van der Waals surface area contributed by atoms with Gasteiger partial charge in [0.2, 0.25) is 5.91 Å². The number of hydrogen-bond donors (Lipinski definition) is 1. The molecule has 7 heteroatoms. The zero-order chi connectivity index (χ0) is 20.1. The molecule has 3 aromatic rings. The van der Waals surface area contributed by atoms with Crippen molar-refractivity contribution in [1.29, 1.82) is 0 Å². The molecule has 29 heavy (non-hydrogen) atoms. The Morgan fingerprint density at radius 3 is 2.69 bits per heavy atom. The van der Waals surface area contributed by atoms with Crippen LogP contribution in [0.3, 0.4) is 0 Å². The molecule has 1 aromatic heterocycles. The van der Waals surface area contributed by atoms with Crippen molar-refractivity contribution in [2.75, 3.05) is 39.4 Å². The first-order valence-electron chi connectivity index (χ1n) is 9.95. The van der Waals surface area contributed by atoms with Gasteiger partial charge in [-0.3, -0.25) is 9.69 Å². The van der Waals surface area contributed by atoms with Crippen LogP contribution in [0.15, 0.2) is 48.5 Å². The first-order valence-corrected chi connectivity index (χ1v) is 9.95. The van der Waals surface area contributed by atoms with Gasteiger partial charge in [-0.15, -0.1) is 0 Å². The molecule has 0 unspecified atom stereocenters. The summed E-state index contributed by atoms with van der Waals surface area (Å²) in [6.45, 7) is 4.84. The van der Waals surface area contributed by atoms with E-state index in [4.69, 9.17) is 4.74 Å². The monoisotopic (exact) mass is 396 g/mol. The predicted molar refractivity (Wildman–Crippen MR) is 109 cm³/mol. The molecule has 1 saturated heterocycles. The van der Waals surface area contributed by atoms with Gasteiger partial charge in [-0.25, -0.2) is 9.37 Å². The van der Waals surface area contributed by atoms with E-state index in [-0.39, 0.29) is 18.3 Å². The molecular formula is C22H25FN4O2. The summed E-state index contributed by atoms with van der Waals surface area (Å²) in [4.78, 5) is 19.5. The fourth-order valence-electron chi connectivity index (χ4n) is 3.63. The molecule has 0 aliphatic carbocycles. The number of morpholine rings is 1. The number of fused-ring (bicyclic) bond motifs is 1. The highest BCUT2D eigenvalue weighted by Gasteiger charge is 2.16. The second kappa shape index (κ2) is 9.15. The van der Waals surface area contributed by atoms with E-state index < -0.39 is 0 Å². The lowest BCUT2D eigenvalue weighted by Crippen LogP contribution is -2.41. The molecule has 1 amide bonds. The summed E-state index contributed by atoms with van der Waals surface area (Å²) in [5, 5.41) is 2.99. The lowest BCUT2D eigenvalue weighted by molar-refractivity contribution is -0.121. The third-order valence-corrected chi connectivity index (χ3v) is 5.20. The molecular weight excluding hydrogens is 371 g/mol. The zero-order valence-corrected chi connectivity index (χ0v) is 16.3. The number of halogens is 1. The molecule has 1 N–H and O–H groups in total. The Labute approximate surface area is 169 Å². The molecule has 1 aliphatic heterocycles. The summed E-state index contributed by atoms with van der Waals surface area (Å²) in [6.07, 6.45) is 0.336. The number of carbonyl (C=O) groups is 1. The van der Waals surface area contributed by atoms with E-state index in [0.29, 0.717) is 24.4 Å². The summed E-state index contributed by atoms with van der Waals surface area (Å²) >= 11 is 0. The van der Waals surface area contributed by atoms with Crippen LogP contribution in [0.1, 0.15) is 11.4 Å². The number of nitrogens with one attached hydrogen (secondary N) is 1. The highest BCUT2D eigenvalue weighted by molar-refractivity contribution is 5.81. The minimum Gasteiger partial charge on any atom is -0.379 e. The number of imidazole rings is 1. The van der Waals surface area contributed by atoms with Crippen molar-refractivity contribution in [1.82, 2.24) is 19.8 Å². The van der Waals surface area contributed by atoms with E-state index in [1.807, 2.05) is 34.9 Å². The van der Waals surface area contributed by atoms with Crippen molar-refractivity contribution in [2.24, 2.45) is 0 Å². The second-order valence-corrected chi connectivity index (χ2v) is 7.18. The Bertz CT molecular complexity index is 982. The molecule has 0 spiro atoms. The van der Waals surface area contributed by atoms with E-state index in [1.54, 1.807) is 12.1 Å². The number of rotatable bonds is 7. The van der Waals surface area contributed by atoms with Crippen LogP contribution in [-0.2, 0) is 22.5 Å². The number of amides is 1. The van der Waals surface area contributed by atoms with Gasteiger partial charge in [0.1, 0.15) is 18.2 Å². The van der Waals surface area contributed by atoms with Crippen molar-refractivity contribution in [2.45, 2.75) is 13.0 Å². The molecule has 0 atom stereocenters. The SMILES string of the molecule is O=C(Cn1c(Cc2ccccc2F)nc2ccccc21)NCCN1CCOCC1. The third kappa shape index (κ3) is 4.81. The Morgan fingerprint density at radius 2 is 1.86 bits per heavy atom. The van der Waals surface area contributed by atoms with Gasteiger partial charge in [0, 0.05) is 32.6 Å². The summed E-state index contributed by atoms with van der Waals surface area (Å²) in [7, 11) is 0. The number of para-hydroxylation sites is 2. The second-order valence-electron chi connectivity index (χ2n) is 7.18. The van der Waals surface area contributed by atoms with Gasteiger partial charge < -0.3 is 14.6 Å². The molecule has 2 heterocycles. The van der Waals surface area contributed by atoms with Crippen LogP contribution in [0.4, 0.5) is 4.39 Å². The molecule has 6 nitrogen and oxygen atoms in total. The number of carbonyl (C=O) groups excluding carboxylic acids is 1. The topological polar surface area (TPSA) is 59.4 Å². The third-order valence-electron chi connectivity index (χ3n) is 5.20. The summed E-state index contributed by atoms with van der Waals surface area (Å²) in [6, 6.07) is 14.4. The van der Waals surface area contributed by atoms with Crippen molar-refractivity contribution in [3.63, 3.8) is 0 Å². The lowest BCUT2D eigenvalue weighted by atomic mass is 10.1. The van der Waals surface area contributed by atoms with Crippen LogP contribution in [0.25, 0.3) is 11.0 Å². The molecule has 4 rings (SSSR count). The van der Waals surface area contributed by atoms with Crippen molar-refractivity contribution in [3.8, 4) is 0 Å². The minimum atomic E-state index is -0.263. The fourth-order valence-corrected chi connectivity index (χ4v) is 3.63. The largest absolute Gasteiger partial charge is 0.379 e. The lowest BCUT2D eigenvalue weighted by Gasteiger charge is -2.26. The molecule has 1 fully saturated rings. The summed E-state index contributed by atoms with van der Waals surface area (Å²) in [5.41, 5.74) is 2.25. The standard InChI is InChI=1S/C22H25FN4O2/c23-18-6-2-1-5-17(18)15-21-25-19-7-3-4-8-20(19)27(21)16-22(28)24-9-10-26-11-13-29-14-12-26/h1-8H,9-16H2,(H,24,28). The quantitative estimate of drug-likeness (QED) is 0.665. The molecule has 0 radical (unpaired) electrons. The number of ether oxygens (including phenoxy) is 1. The average Bonchev–Trinajstić information content (AvgIpc) is 3.07. The molecule has 0 saturated carbocycles. The van der Waals surface area contributed by atoms with E-state index in [1.165, 1.54) is 6.07 Å². The Kier molecular flexibility index (Phi) is 6.17. The fraction of sp³-hybridized carbons (Fsp3) is 0.364. The zero-order valence-electron chi connectivity index (χ0n) is 16.3. The maximum absolute atomic E-state index is 14.1. The minimum absolute atomic E-state index is 0.0730. The maximum atomic E-state index is 14.1. The van der Waals surface area contributed by atoms with Crippen LogP contribution in [0.5, 0.6) is 0 Å². The Hall–Kier alpha value is -2.77. The molecule has 0 bridgehead atoms. The van der Waals surface area contributed by atoms with Gasteiger partial charge in [-0.1, -0.05) is 30.3 Å². The van der Waals surface area contributed by atoms with Gasteiger partial charge in [-0.2, -0.15) is 0 Å². The summed E-state index contributed by atoms with van der Waals surface area (Å²) in [5.74, 6) is 0.344. The van der Waals surface area contributed by atoms with Gasteiger partial charge in [-0.05, 0) is 23.8 Å². The van der Waals surface area contributed by atoms with E-state index in [2.05, 4.69) is 15.2 Å². The van der Waals surface area contributed by atoms with Crippen LogP contribution in [-0.4, -0.2) is 59.8 Å². The highest BCUT2D eigenvalue weighted by atomic mass is 19.1. The van der Waals surface area contributed by atoms with Gasteiger partial charge in [0.25, 0.3) is 0 Å². The molecule has 1 aliphatic rings. The van der Waals surface area contributed by atoms with Gasteiger partial charge in [0.15, 0.2) is 0 Å². The molecule has 2 aromatic carbocycles. The maximum Gasteiger partial charge on any atom is 0.240 e. The van der Waals surface area contributed by atoms with E-state index >= 15 is 0 Å². The van der Waals surface area contributed by atoms with Crippen molar-refractivity contribution < 1.29 is 13.9 Å². The van der Waals surface area contributed by atoms with Crippen LogP contribution >= 0.6 is 0 Å². The number of aromatic nitrogens is 2. The highest BCUT2D eigenvalue weighted by Crippen LogP contribution is 2.19. The first kappa shape index (κ1) is 19.5. The molecule has 152 valence electrons. The van der Waals surface area contributed by atoms with Crippen LogP contribution in [0.2, 0.25) is 0 Å². The van der Waals surface area contributed by atoms with Crippen LogP contribution < -0.4 is 5.32 Å². The summed E-state index contributed by atoms with van der Waals surface area (Å²) < 4.78 is 21.4. The number of nitrogens with zero attached hydrogens (tertiary/aromatic N) is 3. The van der Waals surface area contributed by atoms with E-state index in [9.17, 15) is 9.18 Å². The Morgan fingerprint density at radius 1 is 1.10 bits per heavy atom. The van der Waals surface area contributed by atoms with Gasteiger partial charge >= 0.3 is 0 Å². The first-order chi connectivity index (χ1) is 14.2. The van der Waals surface area contributed by atoms with Crippen molar-refractivity contribution >= 4 is 16.9 Å².